The van der Waals surface area contributed by atoms with Crippen molar-refractivity contribution in [2.75, 3.05) is 6.61 Å². The van der Waals surface area contributed by atoms with E-state index in [2.05, 4.69) is 4.98 Å². The zero-order valence-electron chi connectivity index (χ0n) is 8.44. The van der Waals surface area contributed by atoms with Crippen LogP contribution in [0.25, 0.3) is 11.0 Å². The zero-order chi connectivity index (χ0) is 10.1. The molecule has 0 aliphatic heterocycles. The summed E-state index contributed by atoms with van der Waals surface area (Å²) >= 11 is 0. The molecule has 0 radical (unpaired) electrons. The van der Waals surface area contributed by atoms with Crippen LogP contribution in [-0.4, -0.2) is 21.3 Å². The molecule has 1 unspecified atom stereocenters. The maximum absolute atomic E-state index is 9.08. The number of imidazole rings is 1. The third kappa shape index (κ3) is 1.30. The van der Waals surface area contributed by atoms with E-state index in [0.29, 0.717) is 0 Å². The molecule has 1 heterocycles. The van der Waals surface area contributed by atoms with Crippen LogP contribution in [0.15, 0.2) is 24.3 Å². The summed E-state index contributed by atoms with van der Waals surface area (Å²) in [6.45, 7) is 2.11. The number of hydrogen-bond donors (Lipinski definition) is 1. The van der Waals surface area contributed by atoms with Crippen molar-refractivity contribution in [3.8, 4) is 0 Å². The molecule has 1 N–H and O–H groups in total. The minimum Gasteiger partial charge on any atom is -0.396 e. The van der Waals surface area contributed by atoms with Gasteiger partial charge in [-0.2, -0.15) is 0 Å². The van der Waals surface area contributed by atoms with Gasteiger partial charge in [-0.05, 0) is 12.1 Å². The van der Waals surface area contributed by atoms with Crippen LogP contribution in [0, 0.1) is 0 Å². The quantitative estimate of drug-likeness (QED) is 0.782. The number of nitrogens with zero attached hydrogens (tertiary/aromatic N) is 2. The molecule has 1 aromatic carbocycles. The second kappa shape index (κ2) is 3.42. The summed E-state index contributed by atoms with van der Waals surface area (Å²) < 4.78 is 2.04. The SMILES string of the molecule is CC(CO)c1nc2ccccc2n1C. The van der Waals surface area contributed by atoms with E-state index in [1.807, 2.05) is 42.8 Å². The van der Waals surface area contributed by atoms with Crippen LogP contribution in [0.5, 0.6) is 0 Å². The Hall–Kier alpha value is -1.35. The summed E-state index contributed by atoms with van der Waals surface area (Å²) in [6.07, 6.45) is 0. The standard InChI is InChI=1S/C11H14N2O/c1-8(7-14)11-12-9-5-3-4-6-10(9)13(11)2/h3-6,8,14H,7H2,1-2H3. The van der Waals surface area contributed by atoms with Crippen molar-refractivity contribution in [3.05, 3.63) is 30.1 Å². The summed E-state index contributed by atoms with van der Waals surface area (Å²) in [7, 11) is 1.98. The Morgan fingerprint density at radius 2 is 2.14 bits per heavy atom. The first-order chi connectivity index (χ1) is 6.74. The lowest BCUT2D eigenvalue weighted by Crippen LogP contribution is -2.06. The van der Waals surface area contributed by atoms with Crippen LogP contribution in [0.4, 0.5) is 0 Å². The van der Waals surface area contributed by atoms with Crippen molar-refractivity contribution < 1.29 is 5.11 Å². The van der Waals surface area contributed by atoms with Gasteiger partial charge in [0.25, 0.3) is 0 Å². The Morgan fingerprint density at radius 1 is 1.43 bits per heavy atom. The fourth-order valence-corrected chi connectivity index (χ4v) is 1.69. The highest BCUT2D eigenvalue weighted by Crippen LogP contribution is 2.19. The summed E-state index contributed by atoms with van der Waals surface area (Å²) in [5.41, 5.74) is 2.10. The first-order valence-electron chi connectivity index (χ1n) is 4.76. The lowest BCUT2D eigenvalue weighted by atomic mass is 10.2. The Morgan fingerprint density at radius 3 is 2.79 bits per heavy atom. The number of hydrogen-bond acceptors (Lipinski definition) is 2. The van der Waals surface area contributed by atoms with E-state index in [0.717, 1.165) is 16.9 Å². The highest BCUT2D eigenvalue weighted by atomic mass is 16.3. The maximum atomic E-state index is 9.08. The molecule has 3 nitrogen and oxygen atoms in total. The second-order valence-corrected chi connectivity index (χ2v) is 3.60. The molecule has 0 aliphatic carbocycles. The average molecular weight is 190 g/mol. The third-order valence-electron chi connectivity index (χ3n) is 2.54. The third-order valence-corrected chi connectivity index (χ3v) is 2.54. The average Bonchev–Trinajstić information content (AvgIpc) is 2.56. The topological polar surface area (TPSA) is 38.1 Å². The molecule has 0 amide bonds. The van der Waals surface area contributed by atoms with Gasteiger partial charge in [-0.1, -0.05) is 19.1 Å². The van der Waals surface area contributed by atoms with E-state index < -0.39 is 0 Å². The van der Waals surface area contributed by atoms with Crippen LogP contribution < -0.4 is 0 Å². The van der Waals surface area contributed by atoms with E-state index in [1.54, 1.807) is 0 Å². The van der Waals surface area contributed by atoms with Crippen molar-refractivity contribution in [1.29, 1.82) is 0 Å². The summed E-state index contributed by atoms with van der Waals surface area (Å²) in [6, 6.07) is 8.00. The van der Waals surface area contributed by atoms with Crippen molar-refractivity contribution in [2.45, 2.75) is 12.8 Å². The Kier molecular flexibility index (Phi) is 2.25. The molecule has 1 atom stereocenters. The number of aromatic nitrogens is 2. The fourth-order valence-electron chi connectivity index (χ4n) is 1.69. The molecule has 2 aromatic rings. The van der Waals surface area contributed by atoms with Crippen molar-refractivity contribution in [2.24, 2.45) is 7.05 Å². The highest BCUT2D eigenvalue weighted by molar-refractivity contribution is 5.75. The number of aryl methyl sites for hydroxylation is 1. The van der Waals surface area contributed by atoms with Gasteiger partial charge < -0.3 is 9.67 Å². The van der Waals surface area contributed by atoms with Gasteiger partial charge in [0.1, 0.15) is 5.82 Å². The molecule has 74 valence electrons. The number of benzene rings is 1. The van der Waals surface area contributed by atoms with Gasteiger partial charge in [0.05, 0.1) is 17.6 Å². The largest absolute Gasteiger partial charge is 0.396 e. The van der Waals surface area contributed by atoms with Gasteiger partial charge >= 0.3 is 0 Å². The predicted molar refractivity (Wildman–Crippen MR) is 56.2 cm³/mol. The Labute approximate surface area is 83.0 Å². The first kappa shape index (κ1) is 9.21. The molecule has 14 heavy (non-hydrogen) atoms. The van der Waals surface area contributed by atoms with Gasteiger partial charge in [-0.25, -0.2) is 4.98 Å². The zero-order valence-corrected chi connectivity index (χ0v) is 8.44. The minimum absolute atomic E-state index is 0.0902. The summed E-state index contributed by atoms with van der Waals surface area (Å²) in [5, 5.41) is 9.08. The van der Waals surface area contributed by atoms with Gasteiger partial charge in [-0.3, -0.25) is 0 Å². The van der Waals surface area contributed by atoms with Gasteiger partial charge in [0.15, 0.2) is 0 Å². The summed E-state index contributed by atoms with van der Waals surface area (Å²) in [5.74, 6) is 1.03. The molecule has 3 heteroatoms. The van der Waals surface area contributed by atoms with Crippen LogP contribution >= 0.6 is 0 Å². The number of aliphatic hydroxyl groups is 1. The maximum Gasteiger partial charge on any atom is 0.114 e. The molecular formula is C11H14N2O. The number of aliphatic hydroxyl groups excluding tert-OH is 1. The van der Waals surface area contributed by atoms with Crippen LogP contribution in [0.1, 0.15) is 18.7 Å². The van der Waals surface area contributed by atoms with Crippen molar-refractivity contribution >= 4 is 11.0 Å². The van der Waals surface area contributed by atoms with E-state index in [1.165, 1.54) is 0 Å². The van der Waals surface area contributed by atoms with E-state index in [4.69, 9.17) is 5.11 Å². The predicted octanol–water partition coefficient (Wildman–Crippen LogP) is 1.67. The monoisotopic (exact) mass is 190 g/mol. The Balaban J connectivity index is 2.62. The van der Waals surface area contributed by atoms with E-state index >= 15 is 0 Å². The van der Waals surface area contributed by atoms with Crippen LogP contribution in [-0.2, 0) is 7.05 Å². The summed E-state index contributed by atoms with van der Waals surface area (Å²) in [4.78, 5) is 4.49. The Bertz CT molecular complexity index is 447. The van der Waals surface area contributed by atoms with Gasteiger partial charge in [0.2, 0.25) is 0 Å². The lowest BCUT2D eigenvalue weighted by Gasteiger charge is -2.07. The molecule has 0 saturated carbocycles. The molecule has 0 spiro atoms. The lowest BCUT2D eigenvalue weighted by molar-refractivity contribution is 0.267. The molecule has 1 aromatic heterocycles. The van der Waals surface area contributed by atoms with E-state index in [-0.39, 0.29) is 12.5 Å². The smallest absolute Gasteiger partial charge is 0.114 e. The number of rotatable bonds is 2. The van der Waals surface area contributed by atoms with Crippen molar-refractivity contribution in [1.82, 2.24) is 9.55 Å². The first-order valence-corrected chi connectivity index (χ1v) is 4.76. The molecule has 0 aliphatic rings. The molecular weight excluding hydrogens is 176 g/mol. The minimum atomic E-state index is 0.0902. The van der Waals surface area contributed by atoms with Crippen LogP contribution in [0.2, 0.25) is 0 Å². The van der Waals surface area contributed by atoms with Gasteiger partial charge in [0, 0.05) is 13.0 Å². The molecule has 0 bridgehead atoms. The molecule has 0 saturated heterocycles. The second-order valence-electron chi connectivity index (χ2n) is 3.60. The number of fused-ring (bicyclic) bond motifs is 1. The van der Waals surface area contributed by atoms with Crippen molar-refractivity contribution in [3.63, 3.8) is 0 Å². The fraction of sp³-hybridized carbons (Fsp3) is 0.364. The highest BCUT2D eigenvalue weighted by Gasteiger charge is 2.12. The van der Waals surface area contributed by atoms with E-state index in [9.17, 15) is 0 Å². The van der Waals surface area contributed by atoms with Crippen LogP contribution in [0.3, 0.4) is 0 Å². The van der Waals surface area contributed by atoms with Gasteiger partial charge in [-0.15, -0.1) is 0 Å². The molecule has 0 fully saturated rings. The normalized spacial score (nSPS) is 13.4. The molecule has 2 rings (SSSR count). The number of para-hydroxylation sites is 2.